The van der Waals surface area contributed by atoms with Crippen molar-refractivity contribution >= 4 is 75.3 Å². The number of methoxy groups -OCH3 is 1. The standard InChI is InChI=1S/C31H37N12O2P/c1-33-18-19(17-32)25-23(43-14-12-42(2)13-15-43)16-24(45-3)30(38-25)41-31-39-28-20(8-9-36-28)29(40-31)37-22-7-6-21-26(35-11-10-34-21)27(22)46(4,5)44/h6-11,16-18H,12-15,32H2,1-5H3,(H3,36,37,38,39,40,41). The molecule has 0 radical (unpaired) electrons. The van der Waals surface area contributed by atoms with Crippen LogP contribution in [-0.4, -0.2) is 102 Å². The molecular formula is C31H37N12O2P. The molecule has 1 aliphatic rings. The fourth-order valence-corrected chi connectivity index (χ4v) is 6.94. The van der Waals surface area contributed by atoms with Crippen LogP contribution in [0.3, 0.4) is 0 Å². The van der Waals surface area contributed by atoms with E-state index in [1.54, 1.807) is 52.3 Å². The maximum absolute atomic E-state index is 13.5. The van der Waals surface area contributed by atoms with Gasteiger partial charge in [-0.3, -0.25) is 15.0 Å². The van der Waals surface area contributed by atoms with Crippen LogP contribution in [0.5, 0.6) is 5.75 Å². The molecule has 46 heavy (non-hydrogen) atoms. The Labute approximate surface area is 266 Å². The van der Waals surface area contributed by atoms with E-state index in [4.69, 9.17) is 25.4 Å². The first kappa shape index (κ1) is 30.9. The maximum Gasteiger partial charge on any atom is 0.232 e. The SMILES string of the molecule is CN=CC(=CN)c1nc(Nc2nc(Nc3ccc4nccnc4c3P(C)(C)=O)c3cc[nH]c3n2)c(OC)cc1N1CCN(C)CC1. The number of aromatic nitrogens is 6. The zero-order valence-electron chi connectivity index (χ0n) is 26.4. The molecule has 1 aliphatic heterocycles. The van der Waals surface area contributed by atoms with E-state index in [0.717, 1.165) is 37.3 Å². The number of benzene rings is 1. The molecule has 1 fully saturated rings. The Balaban J connectivity index is 1.43. The molecule has 0 amide bonds. The highest BCUT2D eigenvalue weighted by atomic mass is 31.2. The lowest BCUT2D eigenvalue weighted by Gasteiger charge is -2.35. The summed E-state index contributed by atoms with van der Waals surface area (Å²) in [6, 6.07) is 7.53. The second-order valence-electron chi connectivity index (χ2n) is 11.3. The van der Waals surface area contributed by atoms with E-state index in [1.807, 2.05) is 24.3 Å². The summed E-state index contributed by atoms with van der Waals surface area (Å²) in [4.78, 5) is 35.4. The van der Waals surface area contributed by atoms with Crippen LogP contribution in [0.4, 0.5) is 29.0 Å². The zero-order valence-corrected chi connectivity index (χ0v) is 27.3. The summed E-state index contributed by atoms with van der Waals surface area (Å²) in [6.45, 7) is 6.93. The monoisotopic (exact) mass is 640 g/mol. The van der Waals surface area contributed by atoms with Crippen molar-refractivity contribution < 1.29 is 9.30 Å². The predicted octanol–water partition coefficient (Wildman–Crippen LogP) is 3.79. The van der Waals surface area contributed by atoms with Gasteiger partial charge in [0.15, 0.2) is 11.6 Å². The number of fused-ring (bicyclic) bond motifs is 2. The van der Waals surface area contributed by atoms with Crippen LogP contribution in [0.15, 0.2) is 54.0 Å². The number of ether oxygens (including phenoxy) is 1. The van der Waals surface area contributed by atoms with Gasteiger partial charge in [0, 0.05) is 75.9 Å². The Morgan fingerprint density at radius 1 is 1.07 bits per heavy atom. The van der Waals surface area contributed by atoms with E-state index in [-0.39, 0.29) is 5.95 Å². The first-order chi connectivity index (χ1) is 22.2. The lowest BCUT2D eigenvalue weighted by Crippen LogP contribution is -2.45. The van der Waals surface area contributed by atoms with Gasteiger partial charge >= 0.3 is 0 Å². The highest BCUT2D eigenvalue weighted by molar-refractivity contribution is 7.71. The van der Waals surface area contributed by atoms with Crippen LogP contribution < -0.4 is 31.3 Å². The number of rotatable bonds is 9. The third-order valence-electron chi connectivity index (χ3n) is 7.80. The number of nitrogens with two attached hydrogens (primary N) is 1. The van der Waals surface area contributed by atoms with Gasteiger partial charge in [0.25, 0.3) is 0 Å². The average molecular weight is 641 g/mol. The van der Waals surface area contributed by atoms with Crippen LogP contribution in [0, 0.1) is 0 Å². The summed E-state index contributed by atoms with van der Waals surface area (Å²) in [5.74, 6) is 1.69. The lowest BCUT2D eigenvalue weighted by atomic mass is 10.1. The maximum atomic E-state index is 13.5. The van der Waals surface area contributed by atoms with Crippen LogP contribution in [0.1, 0.15) is 5.69 Å². The summed E-state index contributed by atoms with van der Waals surface area (Å²) >= 11 is 0. The molecule has 6 rings (SSSR count). The number of hydrogen-bond donors (Lipinski definition) is 4. The quantitative estimate of drug-likeness (QED) is 0.136. The van der Waals surface area contributed by atoms with E-state index >= 15 is 0 Å². The summed E-state index contributed by atoms with van der Waals surface area (Å²) in [5.41, 5.74) is 10.7. The van der Waals surface area contributed by atoms with Gasteiger partial charge in [-0.1, -0.05) is 0 Å². The second kappa shape index (κ2) is 12.7. The molecule has 15 heteroatoms. The Morgan fingerprint density at radius 3 is 2.57 bits per heavy atom. The van der Waals surface area contributed by atoms with E-state index in [1.165, 1.54) is 6.20 Å². The number of hydrogen-bond acceptors (Lipinski definition) is 13. The molecule has 5 heterocycles. The van der Waals surface area contributed by atoms with Crippen molar-refractivity contribution in [3.8, 4) is 5.75 Å². The molecule has 0 atom stereocenters. The minimum absolute atomic E-state index is 0.266. The molecule has 0 bridgehead atoms. The van der Waals surface area contributed by atoms with Gasteiger partial charge in [-0.15, -0.1) is 0 Å². The normalized spacial score (nSPS) is 14.8. The Bertz CT molecular complexity index is 2010. The Hall–Kier alpha value is -5.07. The van der Waals surface area contributed by atoms with Crippen molar-refractivity contribution in [3.63, 3.8) is 0 Å². The fraction of sp³-hybridized carbons (Fsp3) is 0.290. The van der Waals surface area contributed by atoms with Crippen molar-refractivity contribution in [2.45, 2.75) is 0 Å². The van der Waals surface area contributed by atoms with E-state index in [0.29, 0.717) is 56.3 Å². The molecule has 0 saturated carbocycles. The third-order valence-corrected chi connectivity index (χ3v) is 9.33. The van der Waals surface area contributed by atoms with Gasteiger partial charge in [0.05, 0.1) is 40.4 Å². The van der Waals surface area contributed by atoms with Crippen molar-refractivity contribution in [2.24, 2.45) is 10.7 Å². The molecule has 4 aromatic heterocycles. The Kier molecular flexibility index (Phi) is 8.57. The van der Waals surface area contributed by atoms with Gasteiger partial charge < -0.3 is 40.5 Å². The van der Waals surface area contributed by atoms with Crippen molar-refractivity contribution in [1.29, 1.82) is 0 Å². The van der Waals surface area contributed by atoms with Crippen LogP contribution in [0.25, 0.3) is 27.6 Å². The molecule has 14 nitrogen and oxygen atoms in total. The number of piperazine rings is 1. The minimum Gasteiger partial charge on any atom is -0.493 e. The fourth-order valence-electron chi connectivity index (χ4n) is 5.55. The summed E-state index contributed by atoms with van der Waals surface area (Å²) < 4.78 is 19.4. The number of nitrogens with one attached hydrogen (secondary N) is 3. The minimum atomic E-state index is -2.80. The molecular weight excluding hydrogens is 603 g/mol. The number of pyridine rings is 1. The average Bonchev–Trinajstić information content (AvgIpc) is 3.52. The molecule has 5 aromatic rings. The first-order valence-corrected chi connectivity index (χ1v) is 17.4. The highest BCUT2D eigenvalue weighted by Gasteiger charge is 2.25. The highest BCUT2D eigenvalue weighted by Crippen LogP contribution is 2.41. The van der Waals surface area contributed by atoms with E-state index < -0.39 is 7.14 Å². The van der Waals surface area contributed by atoms with Gasteiger partial charge in [0.2, 0.25) is 5.95 Å². The Morgan fingerprint density at radius 2 is 1.85 bits per heavy atom. The molecule has 0 aliphatic carbocycles. The van der Waals surface area contributed by atoms with Crippen molar-refractivity contribution in [2.75, 3.05) is 76.2 Å². The smallest absolute Gasteiger partial charge is 0.232 e. The summed E-state index contributed by atoms with van der Waals surface area (Å²) in [5, 5.41) is 8.02. The number of nitrogens with zero attached hydrogens (tertiary/aromatic N) is 8. The third kappa shape index (κ3) is 6.09. The topological polar surface area (TPSA) is 175 Å². The van der Waals surface area contributed by atoms with Gasteiger partial charge in [-0.25, -0.2) is 4.98 Å². The zero-order chi connectivity index (χ0) is 32.4. The van der Waals surface area contributed by atoms with Gasteiger partial charge in [-0.05, 0) is 38.6 Å². The van der Waals surface area contributed by atoms with Crippen molar-refractivity contribution in [3.05, 3.63) is 54.7 Å². The molecule has 5 N–H and O–H groups in total. The summed E-state index contributed by atoms with van der Waals surface area (Å²) in [7, 11) is 2.61. The second-order valence-corrected chi connectivity index (χ2v) is 14.5. The van der Waals surface area contributed by atoms with E-state index in [9.17, 15) is 4.57 Å². The van der Waals surface area contributed by atoms with Gasteiger partial charge in [0.1, 0.15) is 24.1 Å². The molecule has 0 unspecified atom stereocenters. The number of likely N-dealkylation sites (N-methyl/N-ethyl adjacent to an activating group) is 1. The number of aliphatic imine (C=N–C) groups is 1. The lowest BCUT2D eigenvalue weighted by molar-refractivity contribution is 0.312. The first-order valence-electron chi connectivity index (χ1n) is 14.8. The number of allylic oxidation sites excluding steroid dienone is 1. The van der Waals surface area contributed by atoms with Crippen molar-refractivity contribution in [1.82, 2.24) is 34.8 Å². The molecule has 1 saturated heterocycles. The largest absolute Gasteiger partial charge is 0.493 e. The van der Waals surface area contributed by atoms with E-state index in [2.05, 4.69) is 47.4 Å². The number of H-pyrrole nitrogens is 1. The molecule has 238 valence electrons. The number of aromatic amines is 1. The van der Waals surface area contributed by atoms with Crippen LogP contribution >= 0.6 is 7.14 Å². The molecule has 0 spiro atoms. The van der Waals surface area contributed by atoms with Crippen LogP contribution in [-0.2, 0) is 4.57 Å². The number of anilines is 5. The molecule has 1 aromatic carbocycles. The van der Waals surface area contributed by atoms with Crippen LogP contribution in [0.2, 0.25) is 0 Å². The predicted molar refractivity (Wildman–Crippen MR) is 186 cm³/mol. The van der Waals surface area contributed by atoms with Gasteiger partial charge in [-0.2, -0.15) is 9.97 Å². The summed E-state index contributed by atoms with van der Waals surface area (Å²) in [6.07, 6.45) is 8.20.